The van der Waals surface area contributed by atoms with Crippen molar-refractivity contribution in [3.05, 3.63) is 0 Å². The van der Waals surface area contributed by atoms with E-state index in [2.05, 4.69) is 15.1 Å². The van der Waals surface area contributed by atoms with E-state index in [1.54, 1.807) is 0 Å². The van der Waals surface area contributed by atoms with Gasteiger partial charge in [0, 0.05) is 39.3 Å². The molecule has 0 aromatic heterocycles. The molecule has 4 nitrogen and oxygen atoms in total. The summed E-state index contributed by atoms with van der Waals surface area (Å²) in [5.41, 5.74) is 0. The van der Waals surface area contributed by atoms with Gasteiger partial charge >= 0.3 is 0 Å². The zero-order valence-electron chi connectivity index (χ0n) is 12.6. The maximum absolute atomic E-state index is 12.4. The largest absolute Gasteiger partial charge is 0.340 e. The number of rotatable bonds is 3. The minimum Gasteiger partial charge on any atom is -0.340 e. The molecule has 0 aromatic carbocycles. The summed E-state index contributed by atoms with van der Waals surface area (Å²) in [4.78, 5) is 17.1. The molecule has 1 N–H and O–H groups in total. The molecule has 3 aliphatic rings. The van der Waals surface area contributed by atoms with Gasteiger partial charge in [-0.1, -0.05) is 19.3 Å². The molecule has 2 heterocycles. The Morgan fingerprint density at radius 1 is 1.00 bits per heavy atom. The zero-order valence-corrected chi connectivity index (χ0v) is 12.6. The molecule has 1 atom stereocenters. The maximum Gasteiger partial charge on any atom is 0.227 e. The van der Waals surface area contributed by atoms with E-state index in [9.17, 15) is 4.79 Å². The van der Waals surface area contributed by atoms with Crippen LogP contribution in [0.5, 0.6) is 0 Å². The molecule has 2 aliphatic heterocycles. The number of nitrogens with zero attached hydrogens (tertiary/aromatic N) is 2. The SMILES string of the molecule is O=C(C1CCNC1)N1CCN(CC2CCCCC2)CC1. The van der Waals surface area contributed by atoms with Crippen LogP contribution in [0.2, 0.25) is 0 Å². The first-order valence-corrected chi connectivity index (χ1v) is 8.55. The minimum atomic E-state index is 0.250. The molecule has 1 saturated carbocycles. The summed E-state index contributed by atoms with van der Waals surface area (Å²) in [6.07, 6.45) is 8.17. The molecule has 0 bridgehead atoms. The van der Waals surface area contributed by atoms with E-state index in [1.807, 2.05) is 0 Å². The summed E-state index contributed by atoms with van der Waals surface area (Å²) in [5, 5.41) is 3.30. The van der Waals surface area contributed by atoms with E-state index in [-0.39, 0.29) is 5.92 Å². The van der Waals surface area contributed by atoms with E-state index in [1.165, 1.54) is 38.6 Å². The highest BCUT2D eigenvalue weighted by molar-refractivity contribution is 5.79. The molecule has 0 aromatic rings. The second kappa shape index (κ2) is 6.90. The number of hydrogen-bond donors (Lipinski definition) is 1. The number of nitrogens with one attached hydrogen (secondary N) is 1. The number of amides is 1. The lowest BCUT2D eigenvalue weighted by Gasteiger charge is -2.38. The fourth-order valence-corrected chi connectivity index (χ4v) is 4.01. The monoisotopic (exact) mass is 279 g/mol. The molecule has 20 heavy (non-hydrogen) atoms. The first-order chi connectivity index (χ1) is 9.83. The normalized spacial score (nSPS) is 29.8. The Kier molecular flexibility index (Phi) is 4.94. The number of piperazine rings is 1. The van der Waals surface area contributed by atoms with Crippen LogP contribution in [-0.4, -0.2) is 61.5 Å². The fraction of sp³-hybridized carbons (Fsp3) is 0.938. The second-order valence-electron chi connectivity index (χ2n) is 6.82. The predicted octanol–water partition coefficient (Wildman–Crippen LogP) is 1.32. The van der Waals surface area contributed by atoms with Gasteiger partial charge in [0.2, 0.25) is 5.91 Å². The number of hydrogen-bond acceptors (Lipinski definition) is 3. The van der Waals surface area contributed by atoms with Gasteiger partial charge < -0.3 is 10.2 Å². The maximum atomic E-state index is 12.4. The van der Waals surface area contributed by atoms with Gasteiger partial charge in [-0.2, -0.15) is 0 Å². The second-order valence-corrected chi connectivity index (χ2v) is 6.82. The first-order valence-electron chi connectivity index (χ1n) is 8.55. The fourth-order valence-electron chi connectivity index (χ4n) is 4.01. The molecule has 1 unspecified atom stereocenters. The molecule has 2 saturated heterocycles. The van der Waals surface area contributed by atoms with Gasteiger partial charge in [-0.3, -0.25) is 9.69 Å². The van der Waals surface area contributed by atoms with Crippen LogP contribution in [0.3, 0.4) is 0 Å². The highest BCUT2D eigenvalue weighted by Crippen LogP contribution is 2.25. The lowest BCUT2D eigenvalue weighted by molar-refractivity contribution is -0.136. The first kappa shape index (κ1) is 14.3. The van der Waals surface area contributed by atoms with E-state index >= 15 is 0 Å². The molecular formula is C16H29N3O. The summed E-state index contributed by atoms with van der Waals surface area (Å²) in [6.45, 7) is 7.24. The third-order valence-corrected chi connectivity index (χ3v) is 5.33. The third-order valence-electron chi connectivity index (χ3n) is 5.33. The molecule has 0 spiro atoms. The van der Waals surface area contributed by atoms with Crippen molar-refractivity contribution in [2.75, 3.05) is 45.8 Å². The highest BCUT2D eigenvalue weighted by Gasteiger charge is 2.29. The Bertz CT molecular complexity index is 314. The molecule has 1 amide bonds. The van der Waals surface area contributed by atoms with E-state index in [0.717, 1.165) is 51.6 Å². The smallest absolute Gasteiger partial charge is 0.227 e. The van der Waals surface area contributed by atoms with Gasteiger partial charge in [0.1, 0.15) is 0 Å². The summed E-state index contributed by atoms with van der Waals surface area (Å²) >= 11 is 0. The predicted molar refractivity (Wildman–Crippen MR) is 80.6 cm³/mol. The quantitative estimate of drug-likeness (QED) is 0.846. The minimum absolute atomic E-state index is 0.250. The van der Waals surface area contributed by atoms with Gasteiger partial charge in [-0.05, 0) is 31.7 Å². The molecule has 4 heteroatoms. The van der Waals surface area contributed by atoms with Crippen LogP contribution in [0.25, 0.3) is 0 Å². The van der Waals surface area contributed by atoms with Crippen molar-refractivity contribution in [1.82, 2.24) is 15.1 Å². The lowest BCUT2D eigenvalue weighted by atomic mass is 9.89. The van der Waals surface area contributed by atoms with Crippen molar-refractivity contribution >= 4 is 5.91 Å². The number of carbonyl (C=O) groups excluding carboxylic acids is 1. The molecule has 3 fully saturated rings. The van der Waals surface area contributed by atoms with Crippen molar-refractivity contribution in [3.63, 3.8) is 0 Å². The van der Waals surface area contributed by atoms with Crippen LogP contribution in [-0.2, 0) is 4.79 Å². The Morgan fingerprint density at radius 3 is 2.40 bits per heavy atom. The molecule has 1 aliphatic carbocycles. The Morgan fingerprint density at radius 2 is 1.75 bits per heavy atom. The third kappa shape index (κ3) is 3.53. The van der Waals surface area contributed by atoms with Crippen LogP contribution in [0.15, 0.2) is 0 Å². The summed E-state index contributed by atoms with van der Waals surface area (Å²) < 4.78 is 0. The topological polar surface area (TPSA) is 35.6 Å². The van der Waals surface area contributed by atoms with Crippen molar-refractivity contribution < 1.29 is 4.79 Å². The van der Waals surface area contributed by atoms with Gasteiger partial charge in [0.05, 0.1) is 5.92 Å². The van der Waals surface area contributed by atoms with E-state index in [4.69, 9.17) is 0 Å². The van der Waals surface area contributed by atoms with Crippen LogP contribution in [0.4, 0.5) is 0 Å². The van der Waals surface area contributed by atoms with E-state index in [0.29, 0.717) is 5.91 Å². The Balaban J connectivity index is 1.40. The van der Waals surface area contributed by atoms with Crippen LogP contribution >= 0.6 is 0 Å². The van der Waals surface area contributed by atoms with Crippen molar-refractivity contribution in [3.8, 4) is 0 Å². The zero-order chi connectivity index (χ0) is 13.8. The molecule has 114 valence electrons. The van der Waals surface area contributed by atoms with Crippen molar-refractivity contribution in [1.29, 1.82) is 0 Å². The van der Waals surface area contributed by atoms with E-state index < -0.39 is 0 Å². The van der Waals surface area contributed by atoms with Gasteiger partial charge in [-0.25, -0.2) is 0 Å². The molecule has 0 radical (unpaired) electrons. The average molecular weight is 279 g/mol. The van der Waals surface area contributed by atoms with Crippen LogP contribution in [0.1, 0.15) is 38.5 Å². The molecular weight excluding hydrogens is 250 g/mol. The lowest BCUT2D eigenvalue weighted by Crippen LogP contribution is -2.51. The standard InChI is InChI=1S/C16H29N3O/c20-16(15-6-7-17-12-15)19-10-8-18(9-11-19)13-14-4-2-1-3-5-14/h14-15,17H,1-13H2. The average Bonchev–Trinajstić information content (AvgIpc) is 3.03. The molecule has 3 rings (SSSR count). The number of carbonyl (C=O) groups is 1. The van der Waals surface area contributed by atoms with Crippen LogP contribution in [0, 0.1) is 11.8 Å². The van der Waals surface area contributed by atoms with Crippen LogP contribution < -0.4 is 5.32 Å². The summed E-state index contributed by atoms with van der Waals surface area (Å²) in [7, 11) is 0. The van der Waals surface area contributed by atoms with Gasteiger partial charge in [-0.15, -0.1) is 0 Å². The van der Waals surface area contributed by atoms with Crippen molar-refractivity contribution in [2.24, 2.45) is 11.8 Å². The van der Waals surface area contributed by atoms with Gasteiger partial charge in [0.25, 0.3) is 0 Å². The Labute approximate surface area is 122 Å². The highest BCUT2D eigenvalue weighted by atomic mass is 16.2. The van der Waals surface area contributed by atoms with Gasteiger partial charge in [0.15, 0.2) is 0 Å². The van der Waals surface area contributed by atoms with Crippen molar-refractivity contribution in [2.45, 2.75) is 38.5 Å². The summed E-state index contributed by atoms with van der Waals surface area (Å²) in [6, 6.07) is 0. The Hall–Kier alpha value is -0.610. The summed E-state index contributed by atoms with van der Waals surface area (Å²) in [5.74, 6) is 1.57.